The van der Waals surface area contributed by atoms with Gasteiger partial charge in [0, 0.05) is 24.3 Å². The van der Waals surface area contributed by atoms with Crippen LogP contribution in [0.3, 0.4) is 0 Å². The van der Waals surface area contributed by atoms with Crippen LogP contribution < -0.4 is 20.3 Å². The molecule has 0 saturated carbocycles. The minimum atomic E-state index is -0.599. The molecule has 2 amide bonds. The van der Waals surface area contributed by atoms with Gasteiger partial charge >= 0.3 is 12.0 Å². The molecule has 2 aliphatic rings. The number of carbonyl (C=O) groups is 2. The van der Waals surface area contributed by atoms with Gasteiger partial charge in [-0.05, 0) is 53.9 Å². The fourth-order valence-corrected chi connectivity index (χ4v) is 4.39. The average molecular weight is 428 g/mol. The Labute approximate surface area is 186 Å². The number of esters is 1. The number of primary amides is 1. The van der Waals surface area contributed by atoms with Gasteiger partial charge in [0.05, 0.1) is 24.5 Å². The first kappa shape index (κ1) is 20.1. The molecular weight excluding hydrogens is 404 g/mol. The van der Waals surface area contributed by atoms with E-state index in [9.17, 15) is 9.59 Å². The van der Waals surface area contributed by atoms with Crippen LogP contribution in [0, 0.1) is 5.92 Å². The number of benzene rings is 3. The normalized spacial score (nSPS) is 16.1. The number of rotatable bonds is 3. The number of nitrogens with zero attached hydrogens (tertiary/aromatic N) is 3. The van der Waals surface area contributed by atoms with Crippen molar-refractivity contribution in [3.05, 3.63) is 66.2 Å². The molecule has 0 aliphatic carbocycles. The Hall–Kier alpha value is -3.87. The number of carbonyl (C=O) groups excluding carboxylic acids is 2. The van der Waals surface area contributed by atoms with Gasteiger partial charge in [-0.3, -0.25) is 14.7 Å². The number of amides is 2. The summed E-state index contributed by atoms with van der Waals surface area (Å²) in [4.78, 5) is 32.1. The molecule has 2 heterocycles. The van der Waals surface area contributed by atoms with E-state index in [1.165, 1.54) is 27.7 Å². The zero-order chi connectivity index (χ0) is 22.1. The third-order valence-corrected chi connectivity index (χ3v) is 6.15. The number of anilines is 2. The van der Waals surface area contributed by atoms with Crippen LogP contribution >= 0.6 is 0 Å². The quantitative estimate of drug-likeness (QED) is 0.503. The Morgan fingerprint density at radius 2 is 1.75 bits per heavy atom. The summed E-state index contributed by atoms with van der Waals surface area (Å²) in [5.74, 6) is 0.115. The zero-order valence-corrected chi connectivity index (χ0v) is 17.6. The van der Waals surface area contributed by atoms with Crippen molar-refractivity contribution in [1.82, 2.24) is 0 Å². The molecule has 0 bridgehead atoms. The molecule has 0 unspecified atom stereocenters. The van der Waals surface area contributed by atoms with Crippen molar-refractivity contribution in [2.45, 2.75) is 19.4 Å². The molecule has 0 aromatic heterocycles. The van der Waals surface area contributed by atoms with Gasteiger partial charge in [0.1, 0.15) is 5.75 Å². The fourth-order valence-electron chi connectivity index (χ4n) is 4.39. The number of hydrogen-bond acceptors (Lipinski definition) is 5. The summed E-state index contributed by atoms with van der Waals surface area (Å²) in [6.07, 6.45) is 2.91. The molecule has 7 nitrogen and oxygen atoms in total. The second-order valence-electron chi connectivity index (χ2n) is 8.17. The molecule has 32 heavy (non-hydrogen) atoms. The maximum absolute atomic E-state index is 12.8. The Morgan fingerprint density at radius 1 is 0.969 bits per heavy atom. The summed E-state index contributed by atoms with van der Waals surface area (Å²) in [6, 6.07) is 19.4. The van der Waals surface area contributed by atoms with Crippen LogP contribution in [-0.4, -0.2) is 31.4 Å². The molecular formula is C25H24N4O3. The van der Waals surface area contributed by atoms with Crippen LogP contribution in [-0.2, 0) is 11.3 Å². The predicted octanol–water partition coefficient (Wildman–Crippen LogP) is 4.09. The summed E-state index contributed by atoms with van der Waals surface area (Å²) in [5, 5.41) is 2.45. The standard InChI is InChI=1S/C25H24N4O3/c26-25(31)29-16-27-15-20-14-22(7-8-23(20)29)32-24(30)18-9-11-28(12-10-18)21-6-5-17-3-1-2-4-19(17)13-21/h1-8,13-14,16,18H,9-12,15H2,(H2,26,31). The van der Waals surface area contributed by atoms with Gasteiger partial charge in [-0.15, -0.1) is 0 Å². The van der Waals surface area contributed by atoms with Crippen molar-refractivity contribution in [2.75, 3.05) is 22.9 Å². The third kappa shape index (κ3) is 3.89. The summed E-state index contributed by atoms with van der Waals surface area (Å²) in [5.41, 5.74) is 8.03. The van der Waals surface area contributed by atoms with Crippen molar-refractivity contribution in [3.8, 4) is 5.75 Å². The molecule has 0 spiro atoms. The minimum Gasteiger partial charge on any atom is -0.426 e. The van der Waals surface area contributed by atoms with Crippen LogP contribution in [0.4, 0.5) is 16.2 Å². The lowest BCUT2D eigenvalue weighted by atomic mass is 9.96. The molecule has 162 valence electrons. The van der Waals surface area contributed by atoms with E-state index in [0.29, 0.717) is 18.0 Å². The van der Waals surface area contributed by atoms with Crippen molar-refractivity contribution < 1.29 is 14.3 Å². The number of piperidine rings is 1. The lowest BCUT2D eigenvalue weighted by molar-refractivity contribution is -0.139. The van der Waals surface area contributed by atoms with E-state index in [1.54, 1.807) is 18.2 Å². The smallest absolute Gasteiger partial charge is 0.324 e. The Bertz CT molecular complexity index is 1210. The van der Waals surface area contributed by atoms with Gasteiger partial charge in [-0.25, -0.2) is 4.79 Å². The monoisotopic (exact) mass is 428 g/mol. The van der Waals surface area contributed by atoms with Gasteiger partial charge in [-0.1, -0.05) is 30.3 Å². The number of ether oxygens (including phenoxy) is 1. The molecule has 2 aliphatic heterocycles. The number of fused-ring (bicyclic) bond motifs is 2. The molecule has 0 radical (unpaired) electrons. The minimum absolute atomic E-state index is 0.136. The highest BCUT2D eigenvalue weighted by molar-refractivity contribution is 6.08. The van der Waals surface area contributed by atoms with Gasteiger partial charge < -0.3 is 15.4 Å². The molecule has 3 aromatic carbocycles. The Kier molecular flexibility index (Phi) is 5.23. The summed E-state index contributed by atoms with van der Waals surface area (Å²) in [6.45, 7) is 2.03. The fraction of sp³-hybridized carbons (Fsp3) is 0.240. The maximum Gasteiger partial charge on any atom is 0.324 e. The summed E-state index contributed by atoms with van der Waals surface area (Å²) >= 11 is 0. The Balaban J connectivity index is 1.22. The number of urea groups is 1. The van der Waals surface area contributed by atoms with E-state index in [1.807, 2.05) is 12.1 Å². The Morgan fingerprint density at radius 3 is 2.53 bits per heavy atom. The van der Waals surface area contributed by atoms with E-state index in [0.717, 1.165) is 31.5 Å². The first-order valence-corrected chi connectivity index (χ1v) is 10.8. The highest BCUT2D eigenvalue weighted by Gasteiger charge is 2.27. The maximum atomic E-state index is 12.8. The van der Waals surface area contributed by atoms with E-state index >= 15 is 0 Å². The van der Waals surface area contributed by atoms with E-state index < -0.39 is 6.03 Å². The van der Waals surface area contributed by atoms with E-state index in [2.05, 4.69) is 40.2 Å². The molecule has 2 N–H and O–H groups in total. The first-order valence-electron chi connectivity index (χ1n) is 10.8. The van der Waals surface area contributed by atoms with Crippen molar-refractivity contribution in [1.29, 1.82) is 0 Å². The van der Waals surface area contributed by atoms with Crippen LogP contribution in [0.25, 0.3) is 10.8 Å². The SMILES string of the molecule is NC(=O)N1C=NCc2cc(OC(=O)C3CCN(c4ccc5ccccc5c4)CC3)ccc21. The van der Waals surface area contributed by atoms with E-state index in [-0.39, 0.29) is 11.9 Å². The molecule has 0 atom stereocenters. The van der Waals surface area contributed by atoms with Gasteiger partial charge in [0.2, 0.25) is 0 Å². The second kappa shape index (κ2) is 8.34. The number of nitrogens with two attached hydrogens (primary N) is 1. The van der Waals surface area contributed by atoms with Gasteiger partial charge in [0.25, 0.3) is 0 Å². The van der Waals surface area contributed by atoms with Gasteiger partial charge in [0.15, 0.2) is 0 Å². The van der Waals surface area contributed by atoms with Crippen molar-refractivity contribution >= 4 is 40.5 Å². The van der Waals surface area contributed by atoms with Crippen LogP contribution in [0.1, 0.15) is 18.4 Å². The lowest BCUT2D eigenvalue weighted by Gasteiger charge is -2.32. The molecule has 7 heteroatoms. The zero-order valence-electron chi connectivity index (χ0n) is 17.6. The average Bonchev–Trinajstić information content (AvgIpc) is 2.83. The summed E-state index contributed by atoms with van der Waals surface area (Å²) < 4.78 is 5.67. The highest BCUT2D eigenvalue weighted by atomic mass is 16.5. The number of hydrogen-bond donors (Lipinski definition) is 1. The van der Waals surface area contributed by atoms with E-state index in [4.69, 9.17) is 10.5 Å². The predicted molar refractivity (Wildman–Crippen MR) is 125 cm³/mol. The molecule has 3 aromatic rings. The van der Waals surface area contributed by atoms with Crippen LogP contribution in [0.5, 0.6) is 5.75 Å². The second-order valence-corrected chi connectivity index (χ2v) is 8.17. The largest absolute Gasteiger partial charge is 0.426 e. The first-order chi connectivity index (χ1) is 15.6. The van der Waals surface area contributed by atoms with Crippen molar-refractivity contribution in [3.63, 3.8) is 0 Å². The van der Waals surface area contributed by atoms with Crippen LogP contribution in [0.2, 0.25) is 0 Å². The lowest BCUT2D eigenvalue weighted by Crippen LogP contribution is -2.37. The number of aliphatic imine (C=N–C) groups is 1. The van der Waals surface area contributed by atoms with Crippen molar-refractivity contribution in [2.24, 2.45) is 16.6 Å². The van der Waals surface area contributed by atoms with Gasteiger partial charge in [-0.2, -0.15) is 0 Å². The summed E-state index contributed by atoms with van der Waals surface area (Å²) in [7, 11) is 0. The molecule has 1 fully saturated rings. The molecule has 1 saturated heterocycles. The topological polar surface area (TPSA) is 88.2 Å². The van der Waals surface area contributed by atoms with Crippen LogP contribution in [0.15, 0.2) is 65.7 Å². The third-order valence-electron chi connectivity index (χ3n) is 6.15. The molecule has 5 rings (SSSR count). The highest BCUT2D eigenvalue weighted by Crippen LogP contribution is 2.30.